The minimum Gasteiger partial charge on any atom is -0.489 e. The van der Waals surface area contributed by atoms with Crippen molar-refractivity contribution in [2.24, 2.45) is 5.41 Å². The Bertz CT molecular complexity index is 1070. The normalized spacial score (nSPS) is 11.5. The SMILES string of the molecule is CCN(CC=CC#CC(C)(C)C)Cc1cccc(OCc2cccc(-c3cnco3)c2)c1. The van der Waals surface area contributed by atoms with E-state index in [1.54, 1.807) is 6.20 Å². The van der Waals surface area contributed by atoms with Crippen molar-refractivity contribution < 1.29 is 9.15 Å². The van der Waals surface area contributed by atoms with Gasteiger partial charge in [-0.2, -0.15) is 0 Å². The van der Waals surface area contributed by atoms with E-state index in [-0.39, 0.29) is 5.41 Å². The molecule has 166 valence electrons. The lowest BCUT2D eigenvalue weighted by atomic mass is 9.98. The molecule has 3 aromatic rings. The quantitative estimate of drug-likeness (QED) is 0.372. The van der Waals surface area contributed by atoms with Crippen LogP contribution in [0.15, 0.2) is 77.7 Å². The van der Waals surface area contributed by atoms with Crippen LogP contribution >= 0.6 is 0 Å². The summed E-state index contributed by atoms with van der Waals surface area (Å²) in [5.41, 5.74) is 3.35. The van der Waals surface area contributed by atoms with Gasteiger partial charge in [0.25, 0.3) is 0 Å². The van der Waals surface area contributed by atoms with Gasteiger partial charge in [0.15, 0.2) is 12.2 Å². The molecule has 32 heavy (non-hydrogen) atoms. The Morgan fingerprint density at radius 2 is 1.91 bits per heavy atom. The third kappa shape index (κ3) is 7.76. The predicted octanol–water partition coefficient (Wildman–Crippen LogP) is 6.35. The Morgan fingerprint density at radius 3 is 2.66 bits per heavy atom. The fraction of sp³-hybridized carbons (Fsp3) is 0.321. The van der Waals surface area contributed by atoms with E-state index in [4.69, 9.17) is 9.15 Å². The van der Waals surface area contributed by atoms with Crippen LogP contribution in [-0.2, 0) is 13.2 Å². The fourth-order valence-electron chi connectivity index (χ4n) is 3.16. The van der Waals surface area contributed by atoms with Crippen molar-refractivity contribution in [3.05, 3.63) is 84.4 Å². The van der Waals surface area contributed by atoms with Gasteiger partial charge in [0, 0.05) is 24.1 Å². The zero-order chi connectivity index (χ0) is 22.8. The number of hydrogen-bond donors (Lipinski definition) is 0. The van der Waals surface area contributed by atoms with Crippen molar-refractivity contribution in [1.82, 2.24) is 9.88 Å². The minimum absolute atomic E-state index is 0.0342. The number of oxazole rings is 1. The van der Waals surface area contributed by atoms with Gasteiger partial charge in [-0.25, -0.2) is 4.98 Å². The number of nitrogens with zero attached hydrogens (tertiary/aromatic N) is 2. The van der Waals surface area contributed by atoms with E-state index in [0.29, 0.717) is 6.61 Å². The van der Waals surface area contributed by atoms with Gasteiger partial charge in [-0.15, -0.1) is 0 Å². The Kier molecular flexibility index (Phi) is 8.30. The van der Waals surface area contributed by atoms with E-state index < -0.39 is 0 Å². The van der Waals surface area contributed by atoms with Gasteiger partial charge in [0.1, 0.15) is 12.4 Å². The van der Waals surface area contributed by atoms with Crippen LogP contribution in [0.3, 0.4) is 0 Å². The van der Waals surface area contributed by atoms with E-state index in [0.717, 1.165) is 42.3 Å². The Labute approximate surface area is 191 Å². The molecule has 4 heteroatoms. The van der Waals surface area contributed by atoms with E-state index in [9.17, 15) is 0 Å². The highest BCUT2D eigenvalue weighted by Gasteiger charge is 2.06. The number of aromatic nitrogens is 1. The van der Waals surface area contributed by atoms with Crippen molar-refractivity contribution in [2.45, 2.75) is 40.8 Å². The van der Waals surface area contributed by atoms with Crippen molar-refractivity contribution in [3.63, 3.8) is 0 Å². The summed E-state index contributed by atoms with van der Waals surface area (Å²) in [5.74, 6) is 7.99. The van der Waals surface area contributed by atoms with Crippen LogP contribution in [0.1, 0.15) is 38.8 Å². The largest absolute Gasteiger partial charge is 0.489 e. The van der Waals surface area contributed by atoms with E-state index in [1.807, 2.05) is 30.3 Å². The first-order chi connectivity index (χ1) is 15.4. The molecule has 0 spiro atoms. The summed E-state index contributed by atoms with van der Waals surface area (Å²) in [6.45, 7) is 11.7. The molecule has 0 aliphatic heterocycles. The molecule has 0 unspecified atom stereocenters. The van der Waals surface area contributed by atoms with Gasteiger partial charge in [0.05, 0.1) is 6.20 Å². The highest BCUT2D eigenvalue weighted by molar-refractivity contribution is 5.57. The zero-order valence-electron chi connectivity index (χ0n) is 19.5. The molecule has 0 aliphatic rings. The second-order valence-corrected chi connectivity index (χ2v) is 8.75. The smallest absolute Gasteiger partial charge is 0.181 e. The number of ether oxygens (including phenoxy) is 1. The van der Waals surface area contributed by atoms with Gasteiger partial charge >= 0.3 is 0 Å². The average Bonchev–Trinajstić information content (AvgIpc) is 3.31. The fourth-order valence-corrected chi connectivity index (χ4v) is 3.16. The van der Waals surface area contributed by atoms with E-state index in [2.05, 4.69) is 79.8 Å². The van der Waals surface area contributed by atoms with Crippen LogP contribution in [-0.4, -0.2) is 23.0 Å². The first kappa shape index (κ1) is 23.4. The van der Waals surface area contributed by atoms with Crippen LogP contribution in [0, 0.1) is 17.3 Å². The molecule has 0 N–H and O–H groups in total. The first-order valence-electron chi connectivity index (χ1n) is 11.0. The lowest BCUT2D eigenvalue weighted by Gasteiger charge is -2.19. The van der Waals surface area contributed by atoms with Gasteiger partial charge in [-0.3, -0.25) is 4.90 Å². The average molecular weight is 429 g/mol. The van der Waals surface area contributed by atoms with Crippen molar-refractivity contribution in [2.75, 3.05) is 13.1 Å². The molecule has 1 aromatic heterocycles. The summed E-state index contributed by atoms with van der Waals surface area (Å²) < 4.78 is 11.5. The van der Waals surface area contributed by atoms with Crippen molar-refractivity contribution in [3.8, 4) is 28.9 Å². The Hall–Kier alpha value is -3.29. The van der Waals surface area contributed by atoms with Gasteiger partial charge in [0.2, 0.25) is 0 Å². The number of hydrogen-bond acceptors (Lipinski definition) is 4. The molecule has 0 radical (unpaired) electrons. The summed E-state index contributed by atoms with van der Waals surface area (Å²) in [7, 11) is 0. The molecule has 0 fully saturated rings. The van der Waals surface area contributed by atoms with Crippen LogP contribution in [0.25, 0.3) is 11.3 Å². The third-order valence-corrected chi connectivity index (χ3v) is 4.81. The first-order valence-corrected chi connectivity index (χ1v) is 11.0. The molecule has 1 heterocycles. The summed E-state index contributed by atoms with van der Waals surface area (Å²) in [4.78, 5) is 6.36. The number of benzene rings is 2. The second kappa shape index (κ2) is 11.4. The zero-order valence-corrected chi connectivity index (χ0v) is 19.5. The van der Waals surface area contributed by atoms with Crippen molar-refractivity contribution >= 4 is 0 Å². The summed E-state index contributed by atoms with van der Waals surface area (Å²) in [5, 5.41) is 0. The summed E-state index contributed by atoms with van der Waals surface area (Å²) in [6, 6.07) is 16.4. The highest BCUT2D eigenvalue weighted by atomic mass is 16.5. The molecule has 2 aromatic carbocycles. The highest BCUT2D eigenvalue weighted by Crippen LogP contribution is 2.21. The molecular formula is C28H32N2O2. The van der Waals surface area contributed by atoms with Crippen molar-refractivity contribution in [1.29, 1.82) is 0 Å². The molecule has 0 amide bonds. The molecular weight excluding hydrogens is 396 g/mol. The third-order valence-electron chi connectivity index (χ3n) is 4.81. The van der Waals surface area contributed by atoms with E-state index >= 15 is 0 Å². The molecule has 0 bridgehead atoms. The maximum Gasteiger partial charge on any atom is 0.181 e. The molecule has 0 aliphatic carbocycles. The standard InChI is InChI=1S/C28H32N2O2/c1-5-30(16-8-6-7-15-28(2,3)4)20-23-11-10-14-26(18-23)31-21-24-12-9-13-25(17-24)27-19-29-22-32-27/h6,8-14,17-19,22H,5,16,20-21H2,1-4H3. The maximum absolute atomic E-state index is 6.07. The van der Waals surface area contributed by atoms with Crippen LogP contribution in [0.4, 0.5) is 0 Å². The van der Waals surface area contributed by atoms with Gasteiger partial charge in [-0.05, 0) is 62.7 Å². The van der Waals surface area contributed by atoms with Crippen LogP contribution < -0.4 is 4.74 Å². The second-order valence-electron chi connectivity index (χ2n) is 8.75. The number of rotatable bonds is 9. The van der Waals surface area contributed by atoms with E-state index in [1.165, 1.54) is 12.0 Å². The van der Waals surface area contributed by atoms with Crippen LogP contribution in [0.5, 0.6) is 5.75 Å². The van der Waals surface area contributed by atoms with Gasteiger partial charge < -0.3 is 9.15 Å². The summed E-state index contributed by atoms with van der Waals surface area (Å²) in [6.07, 6.45) is 7.25. The van der Waals surface area contributed by atoms with Crippen LogP contribution in [0.2, 0.25) is 0 Å². The lowest BCUT2D eigenvalue weighted by Crippen LogP contribution is -2.22. The summed E-state index contributed by atoms with van der Waals surface area (Å²) >= 11 is 0. The molecule has 0 atom stereocenters. The predicted molar refractivity (Wildman–Crippen MR) is 130 cm³/mol. The molecule has 0 saturated heterocycles. The topological polar surface area (TPSA) is 38.5 Å². The number of allylic oxidation sites excluding steroid dienone is 1. The lowest BCUT2D eigenvalue weighted by molar-refractivity contribution is 0.299. The number of likely N-dealkylation sites (N-methyl/N-ethyl adjacent to an activating group) is 1. The molecule has 0 saturated carbocycles. The minimum atomic E-state index is 0.0342. The molecule has 3 rings (SSSR count). The Morgan fingerprint density at radius 1 is 1.09 bits per heavy atom. The van der Waals surface area contributed by atoms with Gasteiger partial charge in [-0.1, -0.05) is 55.2 Å². The Balaban J connectivity index is 1.56. The maximum atomic E-state index is 6.07. The monoisotopic (exact) mass is 428 g/mol. The molecule has 4 nitrogen and oxygen atoms in total.